The first-order valence-corrected chi connectivity index (χ1v) is 14.3. The van der Waals surface area contributed by atoms with E-state index in [2.05, 4.69) is 0 Å². The minimum Gasteiger partial charge on any atom is -0.478 e. The molecule has 1 saturated carbocycles. The Balaban J connectivity index is 0.000000499. The zero-order chi connectivity index (χ0) is 28.8. The van der Waals surface area contributed by atoms with Gasteiger partial charge in [-0.2, -0.15) is 0 Å². The van der Waals surface area contributed by atoms with Gasteiger partial charge in [0.15, 0.2) is 5.78 Å². The van der Waals surface area contributed by atoms with Crippen LogP contribution in [0.3, 0.4) is 0 Å². The molecule has 0 spiro atoms. The number of thiophene rings is 1. The van der Waals surface area contributed by atoms with E-state index in [0.717, 1.165) is 27.6 Å². The van der Waals surface area contributed by atoms with Crippen molar-refractivity contribution in [1.29, 1.82) is 0 Å². The van der Waals surface area contributed by atoms with Gasteiger partial charge in [0.1, 0.15) is 6.61 Å². The van der Waals surface area contributed by atoms with Gasteiger partial charge in [-0.15, -0.1) is 11.3 Å². The summed E-state index contributed by atoms with van der Waals surface area (Å²) in [5.41, 5.74) is 0.331. The highest BCUT2D eigenvalue weighted by molar-refractivity contribution is 7.12. The maximum absolute atomic E-state index is 11.1. The van der Waals surface area contributed by atoms with E-state index in [1.165, 1.54) is 0 Å². The van der Waals surface area contributed by atoms with Crippen LogP contribution in [-0.2, 0) is 11.2 Å². The third-order valence-corrected chi connectivity index (χ3v) is 8.28. The lowest BCUT2D eigenvalue weighted by Gasteiger charge is -2.19. The van der Waals surface area contributed by atoms with Crippen molar-refractivity contribution in [3.8, 4) is 0 Å². The van der Waals surface area contributed by atoms with E-state index < -0.39 is 30.9 Å². The summed E-state index contributed by atoms with van der Waals surface area (Å²) in [6.07, 6.45) is 9.79. The molecule has 7 nitrogen and oxygen atoms in total. The van der Waals surface area contributed by atoms with Crippen LogP contribution in [0.4, 0.5) is 0 Å². The normalized spacial score (nSPS) is 21.7. The lowest BCUT2D eigenvalue weighted by atomic mass is 9.89. The van der Waals surface area contributed by atoms with Crippen molar-refractivity contribution in [2.75, 3.05) is 6.61 Å². The van der Waals surface area contributed by atoms with Gasteiger partial charge in [0.05, 0.1) is 28.9 Å². The van der Waals surface area contributed by atoms with E-state index in [1.54, 1.807) is 47.7 Å². The molecule has 0 radical (unpaired) electrons. The zero-order valence-corrected chi connectivity index (χ0v) is 23.7. The van der Waals surface area contributed by atoms with Crippen LogP contribution in [-0.4, -0.2) is 62.2 Å². The first-order valence-electron chi connectivity index (χ1n) is 13.2. The van der Waals surface area contributed by atoms with Crippen LogP contribution in [0, 0.1) is 18.8 Å². The lowest BCUT2D eigenvalue weighted by Crippen LogP contribution is -2.20. The highest BCUT2D eigenvalue weighted by Crippen LogP contribution is 2.36. The molecule has 1 aliphatic carbocycles. The molecular formula is C30H39ClO7S. The summed E-state index contributed by atoms with van der Waals surface area (Å²) in [5, 5.41) is 48.8. The zero-order valence-electron chi connectivity index (χ0n) is 22.2. The number of Topliss-reactive ketones (excluding diaryl/α,β-unsaturated/α-hetero) is 1. The number of aliphatic hydroxyl groups excluding tert-OH is 4. The van der Waals surface area contributed by atoms with Gasteiger partial charge < -0.3 is 25.5 Å². The van der Waals surface area contributed by atoms with Crippen molar-refractivity contribution in [1.82, 2.24) is 0 Å². The van der Waals surface area contributed by atoms with Crippen LogP contribution in [0.5, 0.6) is 0 Å². The number of carbonyl (C=O) groups is 2. The van der Waals surface area contributed by atoms with Gasteiger partial charge >= 0.3 is 5.97 Å². The summed E-state index contributed by atoms with van der Waals surface area (Å²) in [6, 6.07) is 10.2. The molecule has 1 heterocycles. The number of aliphatic hydroxyl groups is 4. The van der Waals surface area contributed by atoms with E-state index in [1.807, 2.05) is 31.2 Å². The predicted molar refractivity (Wildman–Crippen MR) is 154 cm³/mol. The summed E-state index contributed by atoms with van der Waals surface area (Å²) in [4.78, 5) is 23.5. The van der Waals surface area contributed by atoms with Crippen LogP contribution < -0.4 is 0 Å². The first-order chi connectivity index (χ1) is 18.6. The summed E-state index contributed by atoms with van der Waals surface area (Å²) < 4.78 is 0. The molecule has 0 saturated heterocycles. The third-order valence-electron chi connectivity index (χ3n) is 6.66. The number of carboxylic acid groups (broad SMARTS) is 1. The number of rotatable bonds is 13. The number of aryl methyl sites for hydroxylation is 2. The molecule has 9 heteroatoms. The van der Waals surface area contributed by atoms with Crippen LogP contribution >= 0.6 is 22.9 Å². The SMILES string of the molecule is Cc1sc(CC[C@@H](O)/C=C/[C@@H]2[C@@H](CC=CCCCC(=O)CO)[C@@H](O)C[C@H]2O)cc1Cl.O=C(O)c1ccccc1. The second kappa shape index (κ2) is 17.4. The van der Waals surface area contributed by atoms with Crippen LogP contribution in [0.15, 0.2) is 60.7 Å². The topological polar surface area (TPSA) is 135 Å². The van der Waals surface area contributed by atoms with E-state index in [4.69, 9.17) is 21.8 Å². The Morgan fingerprint density at radius 3 is 2.46 bits per heavy atom. The molecule has 1 aromatic heterocycles. The Morgan fingerprint density at radius 2 is 1.87 bits per heavy atom. The van der Waals surface area contributed by atoms with Crippen LogP contribution in [0.1, 0.15) is 58.6 Å². The van der Waals surface area contributed by atoms with Gasteiger partial charge in [-0.25, -0.2) is 4.79 Å². The standard InChI is InChI=1S/C23H33ClO5S.C7H6O2/c1-15-21(24)12-18(30-15)10-8-16(26)9-11-20-19(22(28)13-23(20)29)7-5-3-2-4-6-17(27)14-25;8-7(9)6-4-2-1-3-5-6/h3,5,9,11-12,16,19-20,22-23,25-26,28-29H,2,4,6-8,10,13-14H2,1H3;1-5H,(H,8,9)/b5-3?,11-9+;/t16-,19-,20-,22+,23-;/m1./s1. The Labute approximate surface area is 239 Å². The molecule has 214 valence electrons. The summed E-state index contributed by atoms with van der Waals surface area (Å²) in [6.45, 7) is 1.57. The monoisotopic (exact) mass is 578 g/mol. The number of halogens is 1. The third kappa shape index (κ3) is 11.7. The van der Waals surface area contributed by atoms with Crippen molar-refractivity contribution >= 4 is 34.7 Å². The maximum Gasteiger partial charge on any atom is 0.335 e. The highest BCUT2D eigenvalue weighted by Gasteiger charge is 2.39. The van der Waals surface area contributed by atoms with Gasteiger partial charge in [-0.05, 0) is 63.1 Å². The number of benzene rings is 1. The quantitative estimate of drug-likeness (QED) is 0.167. The van der Waals surface area contributed by atoms with E-state index >= 15 is 0 Å². The minimum absolute atomic E-state index is 0.0995. The van der Waals surface area contributed by atoms with Gasteiger partial charge in [-0.1, -0.05) is 54.1 Å². The molecule has 39 heavy (non-hydrogen) atoms. The molecule has 5 N–H and O–H groups in total. The van der Waals surface area contributed by atoms with E-state index in [9.17, 15) is 24.9 Å². The smallest absolute Gasteiger partial charge is 0.335 e. The molecule has 1 aromatic carbocycles. The van der Waals surface area contributed by atoms with Crippen molar-refractivity contribution in [2.24, 2.45) is 11.8 Å². The van der Waals surface area contributed by atoms with Crippen molar-refractivity contribution in [3.05, 3.63) is 81.0 Å². The minimum atomic E-state index is -0.879. The number of carbonyl (C=O) groups excluding carboxylic acids is 1. The Bertz CT molecular complexity index is 1060. The summed E-state index contributed by atoms with van der Waals surface area (Å²) in [5.74, 6) is -1.33. The number of aromatic carboxylic acids is 1. The van der Waals surface area contributed by atoms with Crippen molar-refractivity contribution < 1.29 is 35.1 Å². The number of hydrogen-bond donors (Lipinski definition) is 5. The van der Waals surface area contributed by atoms with Gasteiger partial charge in [0, 0.05) is 28.5 Å². The Hall–Kier alpha value is -2.33. The highest BCUT2D eigenvalue weighted by atomic mass is 35.5. The largest absolute Gasteiger partial charge is 0.478 e. The fourth-order valence-corrected chi connectivity index (χ4v) is 5.70. The van der Waals surface area contributed by atoms with E-state index in [-0.39, 0.29) is 17.6 Å². The number of allylic oxidation sites excluding steroid dienone is 2. The first kappa shape index (κ1) is 32.9. The average Bonchev–Trinajstić information content (AvgIpc) is 3.39. The molecule has 1 aliphatic rings. The second-order valence-electron chi connectivity index (χ2n) is 9.69. The Kier molecular flexibility index (Phi) is 14.7. The van der Waals surface area contributed by atoms with Gasteiger partial charge in [-0.3, -0.25) is 4.79 Å². The lowest BCUT2D eigenvalue weighted by molar-refractivity contribution is -0.121. The number of ketones is 1. The molecule has 0 amide bonds. The number of unbranched alkanes of at least 4 members (excludes halogenated alkanes) is 1. The summed E-state index contributed by atoms with van der Waals surface area (Å²) >= 11 is 7.72. The Morgan fingerprint density at radius 1 is 1.15 bits per heavy atom. The van der Waals surface area contributed by atoms with E-state index in [0.29, 0.717) is 37.7 Å². The molecule has 0 bridgehead atoms. The fourth-order valence-electron chi connectivity index (χ4n) is 4.44. The predicted octanol–water partition coefficient (Wildman–Crippen LogP) is 4.98. The molecule has 1 fully saturated rings. The van der Waals surface area contributed by atoms with Crippen molar-refractivity contribution in [3.63, 3.8) is 0 Å². The van der Waals surface area contributed by atoms with Gasteiger partial charge in [0.25, 0.3) is 0 Å². The number of hydrogen-bond acceptors (Lipinski definition) is 7. The molecule has 0 unspecified atom stereocenters. The van der Waals surface area contributed by atoms with Crippen molar-refractivity contribution in [2.45, 2.75) is 70.2 Å². The average molecular weight is 579 g/mol. The number of carboxylic acids is 1. The molecular weight excluding hydrogens is 540 g/mol. The molecule has 5 atom stereocenters. The maximum atomic E-state index is 11.1. The van der Waals surface area contributed by atoms with Crippen LogP contribution in [0.25, 0.3) is 0 Å². The molecule has 2 aromatic rings. The fraction of sp³-hybridized carbons (Fsp3) is 0.467. The molecule has 3 rings (SSSR count). The second-order valence-corrected chi connectivity index (χ2v) is 11.4. The molecule has 0 aliphatic heterocycles. The summed E-state index contributed by atoms with van der Waals surface area (Å²) in [7, 11) is 0. The van der Waals surface area contributed by atoms with Gasteiger partial charge in [0.2, 0.25) is 0 Å². The van der Waals surface area contributed by atoms with Crippen LogP contribution in [0.2, 0.25) is 5.02 Å².